The van der Waals surface area contributed by atoms with Crippen LogP contribution in [0.2, 0.25) is 0 Å². The number of benzene rings is 3. The lowest BCUT2D eigenvalue weighted by atomic mass is 9.75. The highest BCUT2D eigenvalue weighted by atomic mass is 32.1. The van der Waals surface area contributed by atoms with Gasteiger partial charge in [-0.2, -0.15) is 18.3 Å². The first-order valence-electron chi connectivity index (χ1n) is 12.8. The maximum absolute atomic E-state index is 15.3. The van der Waals surface area contributed by atoms with Crippen LogP contribution in [0.1, 0.15) is 40.7 Å². The first-order valence-corrected chi connectivity index (χ1v) is 13.2. The maximum Gasteiger partial charge on any atom is 0.407 e. The van der Waals surface area contributed by atoms with Gasteiger partial charge >= 0.3 is 6.18 Å². The number of hydrogen-bond donors (Lipinski definition) is 2. The van der Waals surface area contributed by atoms with E-state index < -0.39 is 40.6 Å². The topological polar surface area (TPSA) is 85.7 Å². The molecule has 2 amide bonds. The van der Waals surface area contributed by atoms with Crippen LogP contribution < -0.4 is 15.1 Å². The molecule has 3 aromatic carbocycles. The van der Waals surface area contributed by atoms with Gasteiger partial charge in [0, 0.05) is 34.4 Å². The van der Waals surface area contributed by atoms with E-state index in [1.807, 2.05) is 0 Å². The molecular formula is C29H20F4N6O2S. The number of thiocarbonyl (C=S) groups is 1. The molecule has 2 heterocycles. The van der Waals surface area contributed by atoms with E-state index in [0.717, 1.165) is 27.9 Å². The third-order valence-corrected chi connectivity index (χ3v) is 8.06. The van der Waals surface area contributed by atoms with Gasteiger partial charge in [0.25, 0.3) is 11.8 Å². The molecule has 1 spiro atoms. The van der Waals surface area contributed by atoms with Crippen molar-refractivity contribution in [1.29, 1.82) is 0 Å². The van der Waals surface area contributed by atoms with Gasteiger partial charge in [-0.25, -0.2) is 9.24 Å². The highest BCUT2D eigenvalue weighted by molar-refractivity contribution is 7.81. The summed E-state index contributed by atoms with van der Waals surface area (Å²) in [7, 11) is 0. The second-order valence-corrected chi connectivity index (χ2v) is 10.5. The van der Waals surface area contributed by atoms with E-state index in [-0.39, 0.29) is 28.6 Å². The van der Waals surface area contributed by atoms with Crippen LogP contribution >= 0.6 is 12.2 Å². The molecule has 2 fully saturated rings. The average Bonchev–Trinajstić information content (AvgIpc) is 3.50. The van der Waals surface area contributed by atoms with Crippen LogP contribution in [0.5, 0.6) is 0 Å². The van der Waals surface area contributed by atoms with Gasteiger partial charge in [0.2, 0.25) is 0 Å². The van der Waals surface area contributed by atoms with Crippen molar-refractivity contribution >= 4 is 57.1 Å². The summed E-state index contributed by atoms with van der Waals surface area (Å²) in [5, 5.41) is 10.1. The van der Waals surface area contributed by atoms with Crippen molar-refractivity contribution in [2.45, 2.75) is 37.5 Å². The number of nitrogens with one attached hydrogen (secondary N) is 2. The van der Waals surface area contributed by atoms with E-state index >= 15 is 4.39 Å². The molecular weight excluding hydrogens is 572 g/mol. The zero-order valence-corrected chi connectivity index (χ0v) is 22.4. The molecule has 8 nitrogen and oxygen atoms in total. The van der Waals surface area contributed by atoms with Gasteiger partial charge in [0.15, 0.2) is 10.8 Å². The molecule has 6 rings (SSSR count). The van der Waals surface area contributed by atoms with Gasteiger partial charge in [-0.15, -0.1) is 0 Å². The first-order chi connectivity index (χ1) is 20.0. The molecule has 4 aromatic rings. The molecule has 1 aliphatic carbocycles. The summed E-state index contributed by atoms with van der Waals surface area (Å²) in [5.41, 5.74) is -1.42. The Labute approximate surface area is 241 Å². The summed E-state index contributed by atoms with van der Waals surface area (Å²) in [5.74, 6) is -1.56. The Balaban J connectivity index is 1.26. The SMILES string of the molecule is [C-]#[N+]c1ccc(N2C(=O)C3(CCC3)N(c3ccc(CNC(=O)c4ccc5[nH]ncc5c4)c(F)c3)C2=S)cc1C(F)(F)F. The number of amides is 2. The fourth-order valence-electron chi connectivity index (χ4n) is 5.38. The Morgan fingerprint density at radius 3 is 2.55 bits per heavy atom. The second kappa shape index (κ2) is 9.92. The molecule has 0 bridgehead atoms. The number of carbonyl (C=O) groups excluding carboxylic acids is 2. The Morgan fingerprint density at radius 1 is 1.12 bits per heavy atom. The smallest absolute Gasteiger partial charge is 0.348 e. The third-order valence-electron chi connectivity index (χ3n) is 7.69. The fraction of sp³-hybridized carbons (Fsp3) is 0.207. The fourth-order valence-corrected chi connectivity index (χ4v) is 5.84. The highest BCUT2D eigenvalue weighted by Crippen LogP contribution is 2.49. The number of carbonyl (C=O) groups is 2. The van der Waals surface area contributed by atoms with Crippen molar-refractivity contribution in [2.24, 2.45) is 0 Å². The average molecular weight is 593 g/mol. The van der Waals surface area contributed by atoms with Crippen molar-refractivity contribution in [1.82, 2.24) is 15.5 Å². The summed E-state index contributed by atoms with van der Waals surface area (Å²) in [6.45, 7) is 6.97. The van der Waals surface area contributed by atoms with Crippen molar-refractivity contribution in [3.8, 4) is 0 Å². The summed E-state index contributed by atoms with van der Waals surface area (Å²) < 4.78 is 56.3. The van der Waals surface area contributed by atoms with Crippen LogP contribution in [-0.4, -0.2) is 32.7 Å². The Kier molecular flexibility index (Phi) is 6.46. The molecule has 2 N–H and O–H groups in total. The van der Waals surface area contributed by atoms with Crippen LogP contribution in [0.3, 0.4) is 0 Å². The summed E-state index contributed by atoms with van der Waals surface area (Å²) >= 11 is 5.60. The number of nitrogens with zero attached hydrogens (tertiary/aromatic N) is 4. The third kappa shape index (κ3) is 4.35. The predicted molar refractivity (Wildman–Crippen MR) is 151 cm³/mol. The van der Waals surface area contributed by atoms with Gasteiger partial charge in [-0.05, 0) is 73.9 Å². The zero-order chi connectivity index (χ0) is 29.8. The van der Waals surface area contributed by atoms with Crippen molar-refractivity contribution in [2.75, 3.05) is 9.80 Å². The zero-order valence-electron chi connectivity index (χ0n) is 21.6. The van der Waals surface area contributed by atoms with Crippen LogP contribution in [-0.2, 0) is 17.5 Å². The number of rotatable bonds is 5. The molecule has 1 saturated heterocycles. The molecule has 13 heteroatoms. The number of H-pyrrole nitrogens is 1. The van der Waals surface area contributed by atoms with Gasteiger partial charge in [0.05, 0.1) is 23.8 Å². The molecule has 212 valence electrons. The van der Waals surface area contributed by atoms with Gasteiger partial charge in [0.1, 0.15) is 11.4 Å². The van der Waals surface area contributed by atoms with Crippen LogP contribution in [0.25, 0.3) is 15.7 Å². The quantitative estimate of drug-likeness (QED) is 0.162. The molecule has 2 aliphatic rings. The molecule has 1 saturated carbocycles. The Morgan fingerprint density at radius 2 is 1.88 bits per heavy atom. The number of alkyl halides is 3. The van der Waals surface area contributed by atoms with E-state index in [9.17, 15) is 22.8 Å². The van der Waals surface area contributed by atoms with Crippen molar-refractivity contribution in [3.05, 3.63) is 94.7 Å². The molecule has 42 heavy (non-hydrogen) atoms. The molecule has 1 aromatic heterocycles. The number of aromatic amines is 1. The Hall–Kier alpha value is -4.83. The van der Waals surface area contributed by atoms with E-state index in [4.69, 9.17) is 18.8 Å². The number of anilines is 2. The van der Waals surface area contributed by atoms with Crippen molar-refractivity contribution in [3.63, 3.8) is 0 Å². The lowest BCUT2D eigenvalue weighted by Gasteiger charge is -2.43. The van der Waals surface area contributed by atoms with Crippen LogP contribution in [0, 0.1) is 12.4 Å². The van der Waals surface area contributed by atoms with E-state index in [1.165, 1.54) is 23.1 Å². The normalized spacial score (nSPS) is 16.2. The number of halogens is 4. The van der Waals surface area contributed by atoms with Gasteiger partial charge in [-0.1, -0.05) is 12.1 Å². The molecule has 0 unspecified atom stereocenters. The largest absolute Gasteiger partial charge is 0.407 e. The number of aromatic nitrogens is 2. The second-order valence-electron chi connectivity index (χ2n) is 10.1. The lowest BCUT2D eigenvalue weighted by Crippen LogP contribution is -2.55. The molecule has 1 aliphatic heterocycles. The van der Waals surface area contributed by atoms with Crippen LogP contribution in [0.4, 0.5) is 34.6 Å². The summed E-state index contributed by atoms with van der Waals surface area (Å²) in [6.07, 6.45) is -1.77. The standard InChI is InChI=1S/C29H20F4N6O2S/c1-34-24-8-6-19(12-21(24)29(31,32)33)38-26(41)28(9-2-10-28)39(27(38)42)20-5-3-17(22(30)13-20)14-35-25(40)16-4-7-23-18(11-16)15-36-37-23/h3-8,11-13,15H,2,9-10,14H2,(H,35,40)(H,36,37). The van der Waals surface area contributed by atoms with Gasteiger partial charge in [-0.3, -0.25) is 19.6 Å². The highest BCUT2D eigenvalue weighted by Gasteiger charge is 2.59. The predicted octanol–water partition coefficient (Wildman–Crippen LogP) is 6.26. The molecule has 0 atom stereocenters. The summed E-state index contributed by atoms with van der Waals surface area (Å²) in [4.78, 5) is 31.8. The monoisotopic (exact) mass is 592 g/mol. The summed E-state index contributed by atoms with van der Waals surface area (Å²) in [6, 6.07) is 12.2. The lowest BCUT2D eigenvalue weighted by molar-refractivity contribution is -0.137. The molecule has 0 radical (unpaired) electrons. The Bertz CT molecular complexity index is 1820. The number of hydrogen-bond acceptors (Lipinski definition) is 4. The van der Waals surface area contributed by atoms with E-state index in [2.05, 4.69) is 20.4 Å². The minimum absolute atomic E-state index is 0.0847. The van der Waals surface area contributed by atoms with E-state index in [1.54, 1.807) is 30.5 Å². The van der Waals surface area contributed by atoms with Crippen molar-refractivity contribution < 1.29 is 27.2 Å². The first kappa shape index (κ1) is 27.3. The minimum Gasteiger partial charge on any atom is -0.348 e. The van der Waals surface area contributed by atoms with Crippen LogP contribution in [0.15, 0.2) is 60.8 Å². The maximum atomic E-state index is 15.3. The number of fused-ring (bicyclic) bond motifs is 1. The van der Waals surface area contributed by atoms with Gasteiger partial charge < -0.3 is 10.2 Å². The van der Waals surface area contributed by atoms with E-state index in [0.29, 0.717) is 24.8 Å². The minimum atomic E-state index is -4.81.